The number of ether oxygens (including phenoxy) is 2. The van der Waals surface area contributed by atoms with Gasteiger partial charge in [0.05, 0.1) is 24.6 Å². The molecule has 0 aliphatic carbocycles. The first kappa shape index (κ1) is 20.1. The van der Waals surface area contributed by atoms with E-state index in [1.165, 1.54) is 6.92 Å². The smallest absolute Gasteiger partial charge is 0.312 e. The first-order valence-corrected chi connectivity index (χ1v) is 9.04. The van der Waals surface area contributed by atoms with Crippen LogP contribution < -0.4 is 15.6 Å². The van der Waals surface area contributed by atoms with E-state index in [1.807, 2.05) is 12.1 Å². The van der Waals surface area contributed by atoms with Crippen LogP contribution >= 0.6 is 0 Å². The van der Waals surface area contributed by atoms with Crippen LogP contribution in [-0.2, 0) is 27.3 Å². The summed E-state index contributed by atoms with van der Waals surface area (Å²) in [6.45, 7) is 1.80. The maximum Gasteiger partial charge on any atom is 0.312 e. The minimum absolute atomic E-state index is 0.159. The second-order valence-corrected chi connectivity index (χ2v) is 6.42. The van der Waals surface area contributed by atoms with E-state index in [9.17, 15) is 14.4 Å². The van der Waals surface area contributed by atoms with E-state index in [4.69, 9.17) is 9.47 Å². The molecule has 0 saturated heterocycles. The number of amides is 1. The molecule has 2 N–H and O–H groups in total. The average Bonchev–Trinajstić information content (AvgIpc) is 2.74. The lowest BCUT2D eigenvalue weighted by Gasteiger charge is -2.14. The molecule has 0 radical (unpaired) electrons. The predicted molar refractivity (Wildman–Crippen MR) is 106 cm³/mol. The van der Waals surface area contributed by atoms with Gasteiger partial charge in [-0.05, 0) is 30.7 Å². The molecule has 29 heavy (non-hydrogen) atoms. The highest BCUT2D eigenvalue weighted by atomic mass is 16.5. The Kier molecular flexibility index (Phi) is 6.23. The molecule has 8 heteroatoms. The van der Waals surface area contributed by atoms with Crippen LogP contribution in [0.5, 0.6) is 5.75 Å². The number of rotatable bonds is 7. The lowest BCUT2D eigenvalue weighted by Crippen LogP contribution is -2.35. The molecule has 0 aliphatic heterocycles. The summed E-state index contributed by atoms with van der Waals surface area (Å²) in [6, 6.07) is 14.1. The number of benzene rings is 2. The van der Waals surface area contributed by atoms with Crippen LogP contribution in [0.3, 0.4) is 0 Å². The van der Waals surface area contributed by atoms with Gasteiger partial charge in [-0.2, -0.15) is 5.10 Å². The Balaban J connectivity index is 1.56. The van der Waals surface area contributed by atoms with Crippen LogP contribution in [0.25, 0.3) is 10.8 Å². The summed E-state index contributed by atoms with van der Waals surface area (Å²) >= 11 is 0. The Bertz CT molecular complexity index is 1080. The van der Waals surface area contributed by atoms with Gasteiger partial charge in [-0.1, -0.05) is 30.3 Å². The molecule has 1 atom stereocenters. The number of fused-ring (bicyclic) bond motifs is 1. The third kappa shape index (κ3) is 4.98. The quantitative estimate of drug-likeness (QED) is 0.590. The van der Waals surface area contributed by atoms with Crippen molar-refractivity contribution in [3.05, 3.63) is 70.1 Å². The molecule has 0 spiro atoms. The van der Waals surface area contributed by atoms with Crippen molar-refractivity contribution in [3.63, 3.8) is 0 Å². The largest absolute Gasteiger partial charge is 0.497 e. The number of nitrogens with zero attached hydrogens (tertiary/aromatic N) is 1. The van der Waals surface area contributed by atoms with E-state index >= 15 is 0 Å². The van der Waals surface area contributed by atoms with Crippen molar-refractivity contribution in [2.45, 2.75) is 26.0 Å². The molecule has 0 aliphatic rings. The Morgan fingerprint density at radius 2 is 1.79 bits per heavy atom. The fourth-order valence-corrected chi connectivity index (χ4v) is 2.81. The molecule has 3 aromatic rings. The van der Waals surface area contributed by atoms with Gasteiger partial charge in [-0.3, -0.25) is 14.4 Å². The Morgan fingerprint density at radius 3 is 2.48 bits per heavy atom. The molecule has 1 aromatic heterocycles. The third-order valence-electron chi connectivity index (χ3n) is 4.39. The van der Waals surface area contributed by atoms with Gasteiger partial charge in [-0.25, -0.2) is 5.10 Å². The molecule has 0 saturated carbocycles. The minimum Gasteiger partial charge on any atom is -0.497 e. The maximum absolute atomic E-state index is 12.3. The minimum atomic E-state index is -0.963. The molecular formula is C21H21N3O5. The second kappa shape index (κ2) is 9.01. The lowest BCUT2D eigenvalue weighted by molar-refractivity contribution is -0.154. The van der Waals surface area contributed by atoms with E-state index in [0.29, 0.717) is 23.0 Å². The first-order chi connectivity index (χ1) is 14.0. The molecule has 0 bridgehead atoms. The average molecular weight is 395 g/mol. The molecule has 150 valence electrons. The highest BCUT2D eigenvalue weighted by Gasteiger charge is 2.19. The van der Waals surface area contributed by atoms with E-state index in [1.54, 1.807) is 43.5 Å². The number of aromatic amines is 1. The highest BCUT2D eigenvalue weighted by Crippen LogP contribution is 2.14. The number of hydrogen-bond donors (Lipinski definition) is 2. The van der Waals surface area contributed by atoms with Gasteiger partial charge in [0.2, 0.25) is 0 Å². The lowest BCUT2D eigenvalue weighted by atomic mass is 10.1. The molecule has 0 fully saturated rings. The van der Waals surface area contributed by atoms with Crippen molar-refractivity contribution in [1.29, 1.82) is 0 Å². The third-order valence-corrected chi connectivity index (χ3v) is 4.39. The zero-order chi connectivity index (χ0) is 20.8. The van der Waals surface area contributed by atoms with Crippen LogP contribution in [0, 0.1) is 0 Å². The summed E-state index contributed by atoms with van der Waals surface area (Å²) in [5.74, 6) is -0.291. The molecule has 1 amide bonds. The Hall–Kier alpha value is -3.68. The molecule has 8 nitrogen and oxygen atoms in total. The number of esters is 1. The van der Waals surface area contributed by atoms with Gasteiger partial charge < -0.3 is 14.8 Å². The SMILES string of the molecule is COc1ccc(CNC(=O)[C@H](C)OC(=O)Cc2n[nH]c(=O)c3ccccc23)cc1. The number of aromatic nitrogens is 2. The fourth-order valence-electron chi connectivity index (χ4n) is 2.81. The number of carbonyl (C=O) groups excluding carboxylic acids is 2. The molecule has 0 unspecified atom stereocenters. The van der Waals surface area contributed by atoms with Gasteiger partial charge in [-0.15, -0.1) is 0 Å². The van der Waals surface area contributed by atoms with Crippen molar-refractivity contribution < 1.29 is 19.1 Å². The van der Waals surface area contributed by atoms with Crippen LogP contribution in [0.1, 0.15) is 18.2 Å². The van der Waals surface area contributed by atoms with Crippen molar-refractivity contribution in [2.24, 2.45) is 0 Å². The van der Waals surface area contributed by atoms with Crippen molar-refractivity contribution in [1.82, 2.24) is 15.5 Å². The zero-order valence-electron chi connectivity index (χ0n) is 16.1. The van der Waals surface area contributed by atoms with Crippen LogP contribution in [0.2, 0.25) is 0 Å². The van der Waals surface area contributed by atoms with E-state index < -0.39 is 18.0 Å². The fraction of sp³-hybridized carbons (Fsp3) is 0.238. The number of hydrogen-bond acceptors (Lipinski definition) is 6. The summed E-state index contributed by atoms with van der Waals surface area (Å²) < 4.78 is 10.3. The van der Waals surface area contributed by atoms with Gasteiger partial charge in [0, 0.05) is 11.9 Å². The number of methoxy groups -OCH3 is 1. The summed E-state index contributed by atoms with van der Waals surface area (Å²) in [6.07, 6.45) is -1.12. The Labute approximate surface area is 166 Å². The first-order valence-electron chi connectivity index (χ1n) is 9.04. The number of H-pyrrole nitrogens is 1. The summed E-state index contributed by atoms with van der Waals surface area (Å²) in [7, 11) is 1.58. The summed E-state index contributed by atoms with van der Waals surface area (Å²) in [5.41, 5.74) is 0.946. The standard InChI is InChI=1S/C21H21N3O5/c1-13(20(26)22-12-14-7-9-15(28-2)10-8-14)29-19(25)11-18-16-5-3-4-6-17(16)21(27)24-23-18/h3-10,13H,11-12H2,1-2H3,(H,22,26)(H,24,27)/t13-/m0/s1. The summed E-state index contributed by atoms with van der Waals surface area (Å²) in [4.78, 5) is 36.3. The predicted octanol–water partition coefficient (Wildman–Crippen LogP) is 1.72. The van der Waals surface area contributed by atoms with Crippen LogP contribution in [0.4, 0.5) is 0 Å². The Morgan fingerprint density at radius 1 is 1.10 bits per heavy atom. The zero-order valence-corrected chi connectivity index (χ0v) is 16.1. The van der Waals surface area contributed by atoms with Crippen molar-refractivity contribution in [2.75, 3.05) is 7.11 Å². The van der Waals surface area contributed by atoms with E-state index in [-0.39, 0.29) is 12.0 Å². The topological polar surface area (TPSA) is 110 Å². The van der Waals surface area contributed by atoms with Gasteiger partial charge in [0.25, 0.3) is 11.5 Å². The van der Waals surface area contributed by atoms with Crippen molar-refractivity contribution in [3.8, 4) is 5.75 Å². The van der Waals surface area contributed by atoms with Crippen LogP contribution in [0.15, 0.2) is 53.3 Å². The molecular weight excluding hydrogens is 374 g/mol. The number of carbonyl (C=O) groups is 2. The van der Waals surface area contributed by atoms with Crippen molar-refractivity contribution >= 4 is 22.6 Å². The second-order valence-electron chi connectivity index (χ2n) is 6.42. The highest BCUT2D eigenvalue weighted by molar-refractivity contribution is 5.88. The number of nitrogens with one attached hydrogen (secondary N) is 2. The van der Waals surface area contributed by atoms with Crippen LogP contribution in [-0.4, -0.2) is 35.3 Å². The van der Waals surface area contributed by atoms with E-state index in [0.717, 1.165) is 11.3 Å². The van der Waals surface area contributed by atoms with E-state index in [2.05, 4.69) is 15.5 Å². The molecule has 1 heterocycles. The molecule has 2 aromatic carbocycles. The van der Waals surface area contributed by atoms with Gasteiger partial charge in [0.1, 0.15) is 5.75 Å². The normalized spacial score (nSPS) is 11.7. The monoisotopic (exact) mass is 395 g/mol. The van der Waals surface area contributed by atoms with Gasteiger partial charge >= 0.3 is 5.97 Å². The summed E-state index contributed by atoms with van der Waals surface area (Å²) in [5, 5.41) is 10.0. The van der Waals surface area contributed by atoms with Gasteiger partial charge in [0.15, 0.2) is 6.10 Å². The maximum atomic E-state index is 12.3. The molecule has 3 rings (SSSR count).